The van der Waals surface area contributed by atoms with Gasteiger partial charge in [-0.2, -0.15) is 11.8 Å². The summed E-state index contributed by atoms with van der Waals surface area (Å²) in [4.78, 5) is 11.9. The van der Waals surface area contributed by atoms with Gasteiger partial charge in [0.1, 0.15) is 5.75 Å². The molecule has 1 aromatic carbocycles. The summed E-state index contributed by atoms with van der Waals surface area (Å²) in [5.41, 5.74) is 0.584. The number of amides is 1. The van der Waals surface area contributed by atoms with Gasteiger partial charge in [-0.05, 0) is 37.4 Å². The van der Waals surface area contributed by atoms with Crippen LogP contribution in [0.2, 0.25) is 0 Å². The zero-order chi connectivity index (χ0) is 13.5. The quantitative estimate of drug-likeness (QED) is 0.822. The Hall–Kier alpha value is -1.20. The van der Waals surface area contributed by atoms with Crippen LogP contribution in [0.25, 0.3) is 0 Å². The highest BCUT2D eigenvalue weighted by atomic mass is 32.2. The molecule has 0 heterocycles. The van der Waals surface area contributed by atoms with Gasteiger partial charge in [-0.15, -0.1) is 0 Å². The normalized spacial score (nSPS) is 13.8. The van der Waals surface area contributed by atoms with Crippen LogP contribution in [-0.2, 0) is 0 Å². The minimum Gasteiger partial charge on any atom is -0.497 e. The Bertz CT molecular complexity index is 376. The van der Waals surface area contributed by atoms with Gasteiger partial charge in [-0.3, -0.25) is 4.79 Å². The molecule has 0 aromatic heterocycles. The van der Waals surface area contributed by atoms with E-state index in [1.165, 1.54) is 11.8 Å². The van der Waals surface area contributed by atoms with Gasteiger partial charge in [0.2, 0.25) is 0 Å². The van der Waals surface area contributed by atoms with Crippen LogP contribution in [0.4, 0.5) is 0 Å². The van der Waals surface area contributed by atoms with E-state index in [0.717, 1.165) is 5.75 Å². The maximum absolute atomic E-state index is 11.9. The molecule has 100 valence electrons. The fourth-order valence-corrected chi connectivity index (χ4v) is 2.19. The van der Waals surface area contributed by atoms with Crippen LogP contribution in [0.15, 0.2) is 24.3 Å². The number of hydrogen-bond acceptors (Lipinski definition) is 4. The van der Waals surface area contributed by atoms with Gasteiger partial charge in [0.15, 0.2) is 0 Å². The highest BCUT2D eigenvalue weighted by Crippen LogP contribution is 2.13. The van der Waals surface area contributed by atoms with Crippen molar-refractivity contribution in [1.82, 2.24) is 5.32 Å². The van der Waals surface area contributed by atoms with Gasteiger partial charge in [0, 0.05) is 16.9 Å². The number of carbonyl (C=O) groups is 1. The molecule has 4 nitrogen and oxygen atoms in total. The summed E-state index contributed by atoms with van der Waals surface area (Å²) >= 11 is 1.54. The Balaban J connectivity index is 2.64. The maximum Gasteiger partial charge on any atom is 0.251 e. The van der Waals surface area contributed by atoms with E-state index in [2.05, 4.69) is 5.32 Å². The van der Waals surface area contributed by atoms with Crippen molar-refractivity contribution < 1.29 is 14.6 Å². The molecule has 0 aliphatic rings. The number of aliphatic hydroxyl groups is 1. The molecule has 18 heavy (non-hydrogen) atoms. The number of nitrogens with one attached hydrogen (secondary N) is 1. The molecule has 0 saturated heterocycles. The molecule has 0 saturated carbocycles. The minimum absolute atomic E-state index is 0.00667. The topological polar surface area (TPSA) is 58.6 Å². The van der Waals surface area contributed by atoms with E-state index >= 15 is 0 Å². The molecule has 5 heteroatoms. The van der Waals surface area contributed by atoms with Crippen LogP contribution >= 0.6 is 11.8 Å². The molecular formula is C13H19NO3S. The van der Waals surface area contributed by atoms with Crippen molar-refractivity contribution in [2.45, 2.75) is 18.2 Å². The van der Waals surface area contributed by atoms with Crippen molar-refractivity contribution in [2.24, 2.45) is 0 Å². The second kappa shape index (κ2) is 7.28. The molecule has 1 aromatic rings. The molecule has 1 rings (SSSR count). The first-order valence-electron chi connectivity index (χ1n) is 5.71. The monoisotopic (exact) mass is 269 g/mol. The molecule has 0 spiro atoms. The minimum atomic E-state index is -0.141. The number of methoxy groups -OCH3 is 1. The maximum atomic E-state index is 11.9. The Labute approximate surface area is 112 Å². The second-order valence-electron chi connectivity index (χ2n) is 3.95. The number of rotatable bonds is 6. The van der Waals surface area contributed by atoms with E-state index in [4.69, 9.17) is 9.84 Å². The first-order chi connectivity index (χ1) is 8.62. The predicted molar refractivity (Wildman–Crippen MR) is 74.3 cm³/mol. The summed E-state index contributed by atoms with van der Waals surface area (Å²) in [7, 11) is 1.58. The lowest BCUT2D eigenvalue weighted by Crippen LogP contribution is -2.41. The van der Waals surface area contributed by atoms with Crippen molar-refractivity contribution >= 4 is 17.7 Å². The van der Waals surface area contributed by atoms with Gasteiger partial charge >= 0.3 is 0 Å². The van der Waals surface area contributed by atoms with Crippen molar-refractivity contribution in [3.05, 3.63) is 29.8 Å². The van der Waals surface area contributed by atoms with Gasteiger partial charge in [0.25, 0.3) is 5.91 Å². The van der Waals surface area contributed by atoms with Gasteiger partial charge in [0.05, 0.1) is 13.7 Å². The van der Waals surface area contributed by atoms with Crippen LogP contribution in [0.5, 0.6) is 5.75 Å². The van der Waals surface area contributed by atoms with Gasteiger partial charge in [-0.25, -0.2) is 0 Å². The lowest BCUT2D eigenvalue weighted by molar-refractivity contribution is 0.0936. The highest BCUT2D eigenvalue weighted by molar-refractivity contribution is 7.99. The fraction of sp³-hybridized carbons (Fsp3) is 0.462. The predicted octanol–water partition coefficient (Wildman–Crippen LogP) is 1.54. The number of carbonyl (C=O) groups excluding carboxylic acids is 1. The Morgan fingerprint density at radius 2 is 2.06 bits per heavy atom. The first-order valence-corrected chi connectivity index (χ1v) is 6.99. The number of benzene rings is 1. The third-order valence-corrected chi connectivity index (χ3v) is 3.91. The van der Waals surface area contributed by atoms with E-state index in [1.54, 1.807) is 31.4 Å². The number of thioether (sulfide) groups is 1. The first kappa shape index (κ1) is 14.9. The molecule has 1 amide bonds. The summed E-state index contributed by atoms with van der Waals surface area (Å²) in [6.45, 7) is 1.93. The number of aliphatic hydroxyl groups excluding tert-OH is 1. The number of ether oxygens (including phenoxy) is 1. The molecule has 0 aliphatic heterocycles. The fourth-order valence-electron chi connectivity index (χ4n) is 1.56. The molecule has 2 N–H and O–H groups in total. The Kier molecular flexibility index (Phi) is 6.01. The third kappa shape index (κ3) is 3.92. The molecule has 0 bridgehead atoms. The smallest absolute Gasteiger partial charge is 0.251 e. The average molecular weight is 269 g/mol. The standard InChI is InChI=1S/C13H19NO3S/c1-9(12(8-15)18-3)14-13(16)10-4-6-11(17-2)7-5-10/h4-7,9,12,15H,8H2,1-3H3,(H,14,16). The molecule has 0 radical (unpaired) electrons. The van der Waals surface area contributed by atoms with E-state index < -0.39 is 0 Å². The van der Waals surface area contributed by atoms with Gasteiger partial charge < -0.3 is 15.2 Å². The number of hydrogen-bond donors (Lipinski definition) is 2. The third-order valence-electron chi connectivity index (χ3n) is 2.75. The summed E-state index contributed by atoms with van der Waals surface area (Å²) in [6, 6.07) is 6.84. The van der Waals surface area contributed by atoms with E-state index in [1.807, 2.05) is 13.2 Å². The molecule has 0 fully saturated rings. The molecule has 2 unspecified atom stereocenters. The Morgan fingerprint density at radius 3 is 2.50 bits per heavy atom. The van der Waals surface area contributed by atoms with Crippen molar-refractivity contribution in [1.29, 1.82) is 0 Å². The largest absolute Gasteiger partial charge is 0.497 e. The van der Waals surface area contributed by atoms with E-state index in [9.17, 15) is 4.79 Å². The van der Waals surface area contributed by atoms with Crippen molar-refractivity contribution in [2.75, 3.05) is 20.0 Å². The SMILES string of the molecule is COc1ccc(C(=O)NC(C)C(CO)SC)cc1. The summed E-state index contributed by atoms with van der Waals surface area (Å²) < 4.78 is 5.03. The zero-order valence-electron chi connectivity index (χ0n) is 10.8. The van der Waals surface area contributed by atoms with E-state index in [-0.39, 0.29) is 23.8 Å². The van der Waals surface area contributed by atoms with Crippen molar-refractivity contribution in [3.8, 4) is 5.75 Å². The zero-order valence-corrected chi connectivity index (χ0v) is 11.7. The lowest BCUT2D eigenvalue weighted by Gasteiger charge is -2.21. The average Bonchev–Trinajstić information content (AvgIpc) is 2.40. The van der Waals surface area contributed by atoms with E-state index in [0.29, 0.717) is 5.56 Å². The summed E-state index contributed by atoms with van der Waals surface area (Å²) in [5, 5.41) is 12.0. The summed E-state index contributed by atoms with van der Waals surface area (Å²) in [5.74, 6) is 0.578. The molecular weight excluding hydrogens is 250 g/mol. The second-order valence-corrected chi connectivity index (χ2v) is 5.02. The van der Waals surface area contributed by atoms with Crippen LogP contribution in [0.3, 0.4) is 0 Å². The Morgan fingerprint density at radius 1 is 1.44 bits per heavy atom. The van der Waals surface area contributed by atoms with Crippen LogP contribution in [-0.4, -0.2) is 42.3 Å². The van der Waals surface area contributed by atoms with Crippen LogP contribution in [0, 0.1) is 0 Å². The van der Waals surface area contributed by atoms with Crippen LogP contribution in [0.1, 0.15) is 17.3 Å². The molecule has 2 atom stereocenters. The van der Waals surface area contributed by atoms with Crippen molar-refractivity contribution in [3.63, 3.8) is 0 Å². The lowest BCUT2D eigenvalue weighted by atomic mass is 10.1. The molecule has 0 aliphatic carbocycles. The highest BCUT2D eigenvalue weighted by Gasteiger charge is 2.17. The summed E-state index contributed by atoms with van der Waals surface area (Å²) in [6.07, 6.45) is 1.91. The van der Waals surface area contributed by atoms with Crippen LogP contribution < -0.4 is 10.1 Å². The van der Waals surface area contributed by atoms with Gasteiger partial charge in [-0.1, -0.05) is 0 Å².